The van der Waals surface area contributed by atoms with Crippen molar-refractivity contribution in [3.05, 3.63) is 27.7 Å². The molecule has 3 heterocycles. The van der Waals surface area contributed by atoms with Crippen LogP contribution >= 0.6 is 22.7 Å². The van der Waals surface area contributed by atoms with E-state index in [-0.39, 0.29) is 12.3 Å². The van der Waals surface area contributed by atoms with Gasteiger partial charge < -0.3 is 19.6 Å². The predicted molar refractivity (Wildman–Crippen MR) is 108 cm³/mol. The fourth-order valence-corrected chi connectivity index (χ4v) is 3.77. The van der Waals surface area contributed by atoms with E-state index in [0.29, 0.717) is 27.1 Å². The number of carboxylic acids is 1. The maximum Gasteiger partial charge on any atom is 0.408 e. The number of rotatable bonds is 6. The molecular weight excluding hydrogens is 430 g/mol. The summed E-state index contributed by atoms with van der Waals surface area (Å²) in [6, 6.07) is 0.760. The van der Waals surface area contributed by atoms with Crippen molar-refractivity contribution >= 4 is 34.7 Å². The van der Waals surface area contributed by atoms with Crippen LogP contribution in [0.15, 0.2) is 21.4 Å². The molecule has 0 fully saturated rings. The number of hydrogen-bond acceptors (Lipinski definition) is 10. The van der Waals surface area contributed by atoms with Crippen molar-refractivity contribution in [3.63, 3.8) is 0 Å². The van der Waals surface area contributed by atoms with Crippen LogP contribution in [0.1, 0.15) is 31.5 Å². The minimum Gasteiger partial charge on any atom is -0.480 e. The second-order valence-electron chi connectivity index (χ2n) is 7.06. The minimum absolute atomic E-state index is 0.0230. The Morgan fingerprint density at radius 2 is 2.03 bits per heavy atom. The highest BCUT2D eigenvalue weighted by molar-refractivity contribution is 7.13. The zero-order valence-electron chi connectivity index (χ0n) is 16.2. The van der Waals surface area contributed by atoms with Crippen molar-refractivity contribution in [2.75, 3.05) is 0 Å². The second-order valence-corrected chi connectivity index (χ2v) is 8.86. The van der Waals surface area contributed by atoms with Crippen LogP contribution in [-0.2, 0) is 16.0 Å². The number of carboxylic acid groups (broad SMARTS) is 1. The van der Waals surface area contributed by atoms with E-state index in [2.05, 4.69) is 20.3 Å². The number of oxazole rings is 1. The van der Waals surface area contributed by atoms with Gasteiger partial charge in [0.05, 0.1) is 5.01 Å². The van der Waals surface area contributed by atoms with Crippen molar-refractivity contribution in [1.82, 2.24) is 20.3 Å². The molecular formula is C18H17N5O5S2. The van der Waals surface area contributed by atoms with Gasteiger partial charge in [0.25, 0.3) is 0 Å². The molecule has 156 valence electrons. The van der Waals surface area contributed by atoms with Crippen LogP contribution in [0.5, 0.6) is 0 Å². The first kappa shape index (κ1) is 21.4. The van der Waals surface area contributed by atoms with E-state index < -0.39 is 23.7 Å². The Hall–Kier alpha value is -3.30. The summed E-state index contributed by atoms with van der Waals surface area (Å²) in [7, 11) is 0. The lowest BCUT2D eigenvalue weighted by molar-refractivity contribution is -0.139. The molecule has 0 saturated heterocycles. The van der Waals surface area contributed by atoms with E-state index in [0.717, 1.165) is 0 Å². The van der Waals surface area contributed by atoms with E-state index >= 15 is 0 Å². The summed E-state index contributed by atoms with van der Waals surface area (Å²) in [6.07, 6.45) is 0.577. The number of hydrogen-bond donors (Lipinski definition) is 2. The highest BCUT2D eigenvalue weighted by atomic mass is 32.1. The number of carbonyl (C=O) groups excluding carboxylic acids is 1. The Balaban J connectivity index is 1.70. The van der Waals surface area contributed by atoms with Gasteiger partial charge in [-0.05, 0) is 20.8 Å². The molecule has 3 aromatic heterocycles. The molecule has 1 unspecified atom stereocenters. The molecule has 0 aliphatic rings. The summed E-state index contributed by atoms with van der Waals surface area (Å²) in [5.41, 5.74) is 0.462. The Morgan fingerprint density at radius 1 is 1.27 bits per heavy atom. The third kappa shape index (κ3) is 5.40. The topological polar surface area (TPSA) is 151 Å². The molecule has 3 aromatic rings. The summed E-state index contributed by atoms with van der Waals surface area (Å²) in [5, 5.41) is 24.9. The molecule has 3 rings (SSSR count). The quantitative estimate of drug-likeness (QED) is 0.579. The van der Waals surface area contributed by atoms with Crippen molar-refractivity contribution < 1.29 is 23.8 Å². The lowest BCUT2D eigenvalue weighted by Crippen LogP contribution is -2.44. The van der Waals surface area contributed by atoms with Gasteiger partial charge in [0, 0.05) is 17.2 Å². The first-order chi connectivity index (χ1) is 14.1. The highest BCUT2D eigenvalue weighted by Gasteiger charge is 2.25. The zero-order valence-corrected chi connectivity index (χ0v) is 17.8. The van der Waals surface area contributed by atoms with Crippen LogP contribution in [0.4, 0.5) is 4.79 Å². The first-order valence-electron chi connectivity index (χ1n) is 8.63. The summed E-state index contributed by atoms with van der Waals surface area (Å²) >= 11 is 2.49. The van der Waals surface area contributed by atoms with E-state index in [9.17, 15) is 14.7 Å². The predicted octanol–water partition coefficient (Wildman–Crippen LogP) is 3.31. The molecule has 0 aliphatic carbocycles. The molecule has 1 atom stereocenters. The van der Waals surface area contributed by atoms with Gasteiger partial charge in [0.1, 0.15) is 40.4 Å². The van der Waals surface area contributed by atoms with Gasteiger partial charge >= 0.3 is 12.1 Å². The van der Waals surface area contributed by atoms with Crippen molar-refractivity contribution in [2.45, 2.75) is 38.8 Å². The molecule has 12 heteroatoms. The molecule has 0 spiro atoms. The summed E-state index contributed by atoms with van der Waals surface area (Å²) in [6.45, 7) is 5.06. The van der Waals surface area contributed by atoms with E-state index in [1.54, 1.807) is 31.5 Å². The smallest absolute Gasteiger partial charge is 0.408 e. The molecule has 1 amide bonds. The van der Waals surface area contributed by atoms with Gasteiger partial charge in [-0.15, -0.1) is 22.7 Å². The third-order valence-electron chi connectivity index (χ3n) is 3.48. The highest BCUT2D eigenvalue weighted by Crippen LogP contribution is 2.28. The van der Waals surface area contributed by atoms with E-state index in [1.807, 2.05) is 6.07 Å². The Labute approximate surface area is 179 Å². The normalized spacial score (nSPS) is 12.2. The molecule has 0 saturated carbocycles. The lowest BCUT2D eigenvalue weighted by Gasteiger charge is -2.21. The van der Waals surface area contributed by atoms with Crippen LogP contribution in [0, 0.1) is 11.3 Å². The standard InChI is InChI=1S/C18H17N5O5S2/c1-18(2,3)28-17(26)23-10(16(24)25)4-13-21-12(8-29-13)14-22-11(6-27-14)15-20-9(5-19)7-30-15/h6-8,10H,4H2,1-3H3,(H,23,26)(H,24,25). The lowest BCUT2D eigenvalue weighted by atomic mass is 10.2. The van der Waals surface area contributed by atoms with Gasteiger partial charge in [-0.25, -0.2) is 24.5 Å². The van der Waals surface area contributed by atoms with Crippen LogP contribution in [0.2, 0.25) is 0 Å². The monoisotopic (exact) mass is 447 g/mol. The number of alkyl carbamates (subject to hydrolysis) is 1. The zero-order chi connectivity index (χ0) is 21.9. The van der Waals surface area contributed by atoms with E-state index in [1.165, 1.54) is 28.9 Å². The molecule has 0 aromatic carbocycles. The first-order valence-corrected chi connectivity index (χ1v) is 10.4. The average Bonchev–Trinajstić information content (AvgIpc) is 3.38. The molecule has 10 nitrogen and oxygen atoms in total. The van der Waals surface area contributed by atoms with Crippen LogP contribution in [0.3, 0.4) is 0 Å². The number of carbonyl (C=O) groups is 2. The number of aliphatic carboxylic acids is 1. The van der Waals surface area contributed by atoms with Gasteiger partial charge in [0.2, 0.25) is 5.89 Å². The van der Waals surface area contributed by atoms with Crippen molar-refractivity contribution in [2.24, 2.45) is 0 Å². The van der Waals surface area contributed by atoms with Crippen molar-refractivity contribution in [3.8, 4) is 28.4 Å². The molecule has 0 aliphatic heterocycles. The Kier molecular flexibility index (Phi) is 6.14. The van der Waals surface area contributed by atoms with Gasteiger partial charge in [-0.2, -0.15) is 5.26 Å². The Morgan fingerprint density at radius 3 is 2.67 bits per heavy atom. The van der Waals surface area contributed by atoms with Crippen LogP contribution in [-0.4, -0.2) is 43.8 Å². The van der Waals surface area contributed by atoms with Gasteiger partial charge in [-0.3, -0.25) is 0 Å². The second kappa shape index (κ2) is 8.60. The molecule has 0 bridgehead atoms. The van der Waals surface area contributed by atoms with Crippen LogP contribution < -0.4 is 5.32 Å². The van der Waals surface area contributed by atoms with Crippen molar-refractivity contribution in [1.29, 1.82) is 5.26 Å². The minimum atomic E-state index is -1.20. The maximum atomic E-state index is 11.9. The molecule has 2 N–H and O–H groups in total. The molecule has 0 radical (unpaired) electrons. The number of nitrogens with zero attached hydrogens (tertiary/aromatic N) is 4. The number of thiazole rings is 2. The number of ether oxygens (including phenoxy) is 1. The number of aromatic nitrogens is 3. The summed E-state index contributed by atoms with van der Waals surface area (Å²) in [5.74, 6) is -0.957. The van der Waals surface area contributed by atoms with Gasteiger partial charge in [-0.1, -0.05) is 0 Å². The Bertz CT molecular complexity index is 1100. The largest absolute Gasteiger partial charge is 0.480 e. The summed E-state index contributed by atoms with van der Waals surface area (Å²) in [4.78, 5) is 36.2. The number of amides is 1. The summed E-state index contributed by atoms with van der Waals surface area (Å²) < 4.78 is 10.5. The third-order valence-corrected chi connectivity index (χ3v) is 5.22. The van der Waals surface area contributed by atoms with Crippen LogP contribution in [0.25, 0.3) is 22.3 Å². The van der Waals surface area contributed by atoms with E-state index in [4.69, 9.17) is 14.4 Å². The number of nitrogens with one attached hydrogen (secondary N) is 1. The maximum absolute atomic E-state index is 11.9. The SMILES string of the molecule is CC(C)(C)OC(=O)NC(Cc1nc(-c2nc(-c3nc(C#N)cs3)co2)cs1)C(=O)O. The fraction of sp³-hybridized carbons (Fsp3) is 0.333. The average molecular weight is 447 g/mol. The van der Waals surface area contributed by atoms with Gasteiger partial charge in [0.15, 0.2) is 5.69 Å². The molecule has 30 heavy (non-hydrogen) atoms. The number of nitriles is 1. The fourth-order valence-electron chi connectivity index (χ4n) is 2.26.